The van der Waals surface area contributed by atoms with Crippen molar-refractivity contribution in [3.8, 4) is 11.4 Å². The summed E-state index contributed by atoms with van der Waals surface area (Å²) in [7, 11) is 0. The number of hydrogen-bond donors (Lipinski definition) is 1. The van der Waals surface area contributed by atoms with Crippen LogP contribution in [0.15, 0.2) is 18.2 Å². The lowest BCUT2D eigenvalue weighted by atomic mass is 10.00. The standard InChI is InChI=1S/C12H14N4/c1-2-11-14-15-12-10-7-9(13)4-3-8(10)5-6-16(11)12/h3-4,7H,2,5-6,13H2,1H3. The molecule has 2 aromatic rings. The van der Waals surface area contributed by atoms with Crippen molar-refractivity contribution < 1.29 is 0 Å². The summed E-state index contributed by atoms with van der Waals surface area (Å²) in [5, 5.41) is 8.48. The van der Waals surface area contributed by atoms with Gasteiger partial charge in [0.1, 0.15) is 5.82 Å². The maximum absolute atomic E-state index is 5.82. The number of anilines is 1. The second-order valence-corrected chi connectivity index (χ2v) is 4.11. The molecule has 4 heteroatoms. The lowest BCUT2D eigenvalue weighted by Crippen LogP contribution is -2.13. The molecule has 0 aliphatic carbocycles. The number of nitrogens with zero attached hydrogens (tertiary/aromatic N) is 3. The summed E-state index contributed by atoms with van der Waals surface area (Å²) in [6.45, 7) is 3.08. The molecule has 1 aromatic carbocycles. The van der Waals surface area contributed by atoms with Gasteiger partial charge in [0.05, 0.1) is 0 Å². The summed E-state index contributed by atoms with van der Waals surface area (Å²) in [6.07, 6.45) is 1.96. The number of aromatic nitrogens is 3. The Hall–Kier alpha value is -1.84. The highest BCUT2D eigenvalue weighted by molar-refractivity contribution is 5.67. The normalized spacial score (nSPS) is 13.3. The van der Waals surface area contributed by atoms with Crippen molar-refractivity contribution in [2.24, 2.45) is 0 Å². The molecule has 1 aliphatic heterocycles. The largest absolute Gasteiger partial charge is 0.399 e. The zero-order chi connectivity index (χ0) is 11.1. The SMILES string of the molecule is CCc1nnc2n1CCc1ccc(N)cc1-2. The first-order valence-corrected chi connectivity index (χ1v) is 5.60. The third-order valence-electron chi connectivity index (χ3n) is 3.12. The van der Waals surface area contributed by atoms with Crippen molar-refractivity contribution in [2.45, 2.75) is 26.3 Å². The van der Waals surface area contributed by atoms with Gasteiger partial charge in [-0.15, -0.1) is 10.2 Å². The number of benzene rings is 1. The van der Waals surface area contributed by atoms with Gasteiger partial charge in [0, 0.05) is 24.2 Å². The van der Waals surface area contributed by atoms with E-state index in [0.29, 0.717) is 0 Å². The van der Waals surface area contributed by atoms with E-state index >= 15 is 0 Å². The fourth-order valence-electron chi connectivity index (χ4n) is 2.28. The highest BCUT2D eigenvalue weighted by Crippen LogP contribution is 2.30. The van der Waals surface area contributed by atoms with E-state index in [4.69, 9.17) is 5.73 Å². The van der Waals surface area contributed by atoms with E-state index in [0.717, 1.165) is 42.3 Å². The van der Waals surface area contributed by atoms with Gasteiger partial charge in [-0.3, -0.25) is 0 Å². The van der Waals surface area contributed by atoms with Crippen molar-refractivity contribution in [2.75, 3.05) is 5.73 Å². The molecule has 0 atom stereocenters. The molecule has 0 spiro atoms. The Morgan fingerprint density at radius 2 is 2.25 bits per heavy atom. The van der Waals surface area contributed by atoms with Gasteiger partial charge >= 0.3 is 0 Å². The first kappa shape index (κ1) is 9.39. The number of nitrogen functional groups attached to an aromatic ring is 1. The number of hydrogen-bond acceptors (Lipinski definition) is 3. The van der Waals surface area contributed by atoms with Crippen molar-refractivity contribution in [1.82, 2.24) is 14.8 Å². The van der Waals surface area contributed by atoms with Gasteiger partial charge in [-0.05, 0) is 24.1 Å². The smallest absolute Gasteiger partial charge is 0.164 e. The summed E-state index contributed by atoms with van der Waals surface area (Å²) >= 11 is 0. The van der Waals surface area contributed by atoms with Crippen LogP contribution in [0.25, 0.3) is 11.4 Å². The first-order valence-electron chi connectivity index (χ1n) is 5.60. The molecular weight excluding hydrogens is 200 g/mol. The third-order valence-corrected chi connectivity index (χ3v) is 3.12. The Morgan fingerprint density at radius 1 is 1.38 bits per heavy atom. The monoisotopic (exact) mass is 214 g/mol. The van der Waals surface area contributed by atoms with E-state index in [1.165, 1.54) is 5.56 Å². The summed E-state index contributed by atoms with van der Waals surface area (Å²) in [5.41, 5.74) is 9.06. The molecule has 0 bridgehead atoms. The summed E-state index contributed by atoms with van der Waals surface area (Å²) in [6, 6.07) is 6.04. The quantitative estimate of drug-likeness (QED) is 0.734. The Morgan fingerprint density at radius 3 is 3.06 bits per heavy atom. The van der Waals surface area contributed by atoms with Gasteiger partial charge in [-0.2, -0.15) is 0 Å². The molecule has 0 amide bonds. The highest BCUT2D eigenvalue weighted by Gasteiger charge is 2.20. The molecule has 3 rings (SSSR count). The van der Waals surface area contributed by atoms with E-state index in [1.54, 1.807) is 0 Å². The van der Waals surface area contributed by atoms with E-state index < -0.39 is 0 Å². The van der Waals surface area contributed by atoms with Crippen LogP contribution in [0.3, 0.4) is 0 Å². The average molecular weight is 214 g/mol. The van der Waals surface area contributed by atoms with Crippen LogP contribution in [0.1, 0.15) is 18.3 Å². The number of fused-ring (bicyclic) bond motifs is 3. The summed E-state index contributed by atoms with van der Waals surface area (Å²) in [4.78, 5) is 0. The van der Waals surface area contributed by atoms with Crippen LogP contribution >= 0.6 is 0 Å². The van der Waals surface area contributed by atoms with Crippen LogP contribution in [-0.4, -0.2) is 14.8 Å². The lowest BCUT2D eigenvalue weighted by molar-refractivity contribution is 0.647. The molecule has 1 aromatic heterocycles. The lowest BCUT2D eigenvalue weighted by Gasteiger charge is -2.18. The third kappa shape index (κ3) is 1.23. The van der Waals surface area contributed by atoms with Crippen LogP contribution < -0.4 is 5.73 Å². The second-order valence-electron chi connectivity index (χ2n) is 4.11. The van der Waals surface area contributed by atoms with Crippen LogP contribution in [0, 0.1) is 0 Å². The molecule has 0 saturated carbocycles. The van der Waals surface area contributed by atoms with Gasteiger partial charge in [0.15, 0.2) is 5.82 Å². The van der Waals surface area contributed by atoms with Crippen LogP contribution in [0.2, 0.25) is 0 Å². The van der Waals surface area contributed by atoms with E-state index in [2.05, 4.69) is 27.8 Å². The molecule has 0 fully saturated rings. The molecule has 0 saturated heterocycles. The number of nitrogens with two attached hydrogens (primary N) is 1. The number of rotatable bonds is 1. The van der Waals surface area contributed by atoms with Crippen LogP contribution in [-0.2, 0) is 19.4 Å². The Balaban J connectivity index is 2.22. The van der Waals surface area contributed by atoms with Gasteiger partial charge in [0.25, 0.3) is 0 Å². The zero-order valence-electron chi connectivity index (χ0n) is 9.27. The highest BCUT2D eigenvalue weighted by atomic mass is 15.3. The molecule has 4 nitrogen and oxygen atoms in total. The molecule has 0 radical (unpaired) electrons. The summed E-state index contributed by atoms with van der Waals surface area (Å²) < 4.78 is 2.20. The van der Waals surface area contributed by atoms with Gasteiger partial charge in [-0.25, -0.2) is 0 Å². The first-order chi connectivity index (χ1) is 7.79. The Kier molecular flexibility index (Phi) is 1.96. The van der Waals surface area contributed by atoms with E-state index in [9.17, 15) is 0 Å². The maximum Gasteiger partial charge on any atom is 0.164 e. The fourth-order valence-corrected chi connectivity index (χ4v) is 2.28. The maximum atomic E-state index is 5.82. The van der Waals surface area contributed by atoms with Crippen molar-refractivity contribution >= 4 is 5.69 Å². The van der Waals surface area contributed by atoms with E-state index in [1.807, 2.05) is 12.1 Å². The zero-order valence-corrected chi connectivity index (χ0v) is 9.27. The predicted molar refractivity (Wildman–Crippen MR) is 63.0 cm³/mol. The van der Waals surface area contributed by atoms with Gasteiger partial charge < -0.3 is 10.3 Å². The summed E-state index contributed by atoms with van der Waals surface area (Å²) in [5.74, 6) is 2.02. The minimum atomic E-state index is 0.785. The van der Waals surface area contributed by atoms with Gasteiger partial charge in [-0.1, -0.05) is 13.0 Å². The number of aryl methyl sites for hydroxylation is 2. The minimum Gasteiger partial charge on any atom is -0.399 e. The van der Waals surface area contributed by atoms with Crippen molar-refractivity contribution in [3.63, 3.8) is 0 Å². The Labute approximate surface area is 94.1 Å². The molecule has 82 valence electrons. The molecule has 2 heterocycles. The fraction of sp³-hybridized carbons (Fsp3) is 0.333. The molecule has 16 heavy (non-hydrogen) atoms. The van der Waals surface area contributed by atoms with Crippen LogP contribution in [0.4, 0.5) is 5.69 Å². The molecule has 0 unspecified atom stereocenters. The van der Waals surface area contributed by atoms with Crippen molar-refractivity contribution in [3.05, 3.63) is 29.6 Å². The Bertz CT molecular complexity index is 542. The second kappa shape index (κ2) is 3.33. The average Bonchev–Trinajstić information content (AvgIpc) is 2.72. The van der Waals surface area contributed by atoms with Gasteiger partial charge in [0.2, 0.25) is 0 Å². The van der Waals surface area contributed by atoms with Crippen LogP contribution in [0.5, 0.6) is 0 Å². The predicted octanol–water partition coefficient (Wildman–Crippen LogP) is 1.65. The molecule has 2 N–H and O–H groups in total. The molecular formula is C12H14N4. The van der Waals surface area contributed by atoms with E-state index in [-0.39, 0.29) is 0 Å². The molecule has 1 aliphatic rings. The van der Waals surface area contributed by atoms with Crippen molar-refractivity contribution in [1.29, 1.82) is 0 Å². The topological polar surface area (TPSA) is 56.7 Å². The minimum absolute atomic E-state index is 0.785.